The zero-order valence-electron chi connectivity index (χ0n) is 9.13. The van der Waals surface area contributed by atoms with Crippen molar-refractivity contribution < 1.29 is 0 Å². The molecule has 0 aliphatic heterocycles. The molecule has 0 bridgehead atoms. The Kier molecular flexibility index (Phi) is 4.91. The third-order valence-electron chi connectivity index (χ3n) is 2.35. The number of halogens is 2. The lowest BCUT2D eigenvalue weighted by molar-refractivity contribution is 0.480. The highest BCUT2D eigenvalue weighted by Crippen LogP contribution is 2.24. The second kappa shape index (κ2) is 5.74. The molecule has 0 amide bonds. The minimum absolute atomic E-state index is 0.234. The van der Waals surface area contributed by atoms with Gasteiger partial charge in [0.15, 0.2) is 0 Å². The summed E-state index contributed by atoms with van der Waals surface area (Å²) in [6, 6.07) is 5.82. The summed E-state index contributed by atoms with van der Waals surface area (Å²) in [7, 11) is 0. The Labute approximate surface area is 102 Å². The summed E-state index contributed by atoms with van der Waals surface area (Å²) in [6.07, 6.45) is 1.93. The zero-order valence-corrected chi connectivity index (χ0v) is 10.6. The quantitative estimate of drug-likeness (QED) is 0.856. The van der Waals surface area contributed by atoms with E-state index in [-0.39, 0.29) is 6.04 Å². The van der Waals surface area contributed by atoms with Crippen LogP contribution in [-0.4, -0.2) is 6.04 Å². The third-order valence-corrected chi connectivity index (χ3v) is 2.95. The summed E-state index contributed by atoms with van der Waals surface area (Å²) >= 11 is 12.0. The topological polar surface area (TPSA) is 26.0 Å². The maximum absolute atomic E-state index is 6.09. The Morgan fingerprint density at radius 3 is 2.53 bits per heavy atom. The Balaban J connectivity index is 2.67. The molecule has 0 aromatic heterocycles. The van der Waals surface area contributed by atoms with Crippen molar-refractivity contribution in [1.82, 2.24) is 0 Å². The van der Waals surface area contributed by atoms with Crippen molar-refractivity contribution in [3.8, 4) is 0 Å². The molecule has 1 aromatic carbocycles. The highest BCUT2D eigenvalue weighted by Gasteiger charge is 2.09. The molecule has 1 rings (SSSR count). The first-order valence-corrected chi connectivity index (χ1v) is 5.94. The fourth-order valence-corrected chi connectivity index (χ4v) is 2.18. The number of rotatable bonds is 4. The van der Waals surface area contributed by atoms with Crippen LogP contribution in [0.2, 0.25) is 10.0 Å². The number of hydrogen-bond donors (Lipinski definition) is 1. The second-order valence-electron chi connectivity index (χ2n) is 4.26. The van der Waals surface area contributed by atoms with Crippen LogP contribution in [0.5, 0.6) is 0 Å². The molecule has 0 heterocycles. The van der Waals surface area contributed by atoms with E-state index >= 15 is 0 Å². The summed E-state index contributed by atoms with van der Waals surface area (Å²) in [4.78, 5) is 0. The molecule has 2 atom stereocenters. The summed E-state index contributed by atoms with van der Waals surface area (Å²) in [5.74, 6) is 0.529. The SMILES string of the molecule is CC(N)CC(C)Cc1cc(Cl)ccc1Cl. The van der Waals surface area contributed by atoms with Gasteiger partial charge in [0.2, 0.25) is 0 Å². The molecule has 84 valence electrons. The largest absolute Gasteiger partial charge is 0.328 e. The van der Waals surface area contributed by atoms with Gasteiger partial charge in [-0.3, -0.25) is 0 Å². The van der Waals surface area contributed by atoms with E-state index < -0.39 is 0 Å². The van der Waals surface area contributed by atoms with E-state index in [0.717, 1.165) is 28.5 Å². The molecule has 0 spiro atoms. The summed E-state index contributed by atoms with van der Waals surface area (Å²) in [6.45, 7) is 4.21. The highest BCUT2D eigenvalue weighted by atomic mass is 35.5. The lowest BCUT2D eigenvalue weighted by Crippen LogP contribution is -2.19. The van der Waals surface area contributed by atoms with Crippen LogP contribution < -0.4 is 5.73 Å². The molecule has 2 N–H and O–H groups in total. The lowest BCUT2D eigenvalue weighted by atomic mass is 9.95. The Bertz CT molecular complexity index is 323. The first kappa shape index (κ1) is 12.8. The van der Waals surface area contributed by atoms with E-state index in [4.69, 9.17) is 28.9 Å². The van der Waals surface area contributed by atoms with Crippen molar-refractivity contribution >= 4 is 23.2 Å². The van der Waals surface area contributed by atoms with Crippen molar-refractivity contribution in [2.75, 3.05) is 0 Å². The monoisotopic (exact) mass is 245 g/mol. The first-order chi connectivity index (χ1) is 6.99. The first-order valence-electron chi connectivity index (χ1n) is 5.18. The van der Waals surface area contributed by atoms with Gasteiger partial charge < -0.3 is 5.73 Å². The summed E-state index contributed by atoms with van der Waals surface area (Å²) < 4.78 is 0. The van der Waals surface area contributed by atoms with Crippen LogP contribution in [-0.2, 0) is 6.42 Å². The standard InChI is InChI=1S/C12H17Cl2N/c1-8(5-9(2)15)6-10-7-11(13)3-4-12(10)14/h3-4,7-9H,5-6,15H2,1-2H3. The molecule has 15 heavy (non-hydrogen) atoms. The molecule has 0 saturated heterocycles. The normalized spacial score (nSPS) is 15.0. The molecule has 0 aliphatic carbocycles. The van der Waals surface area contributed by atoms with Gasteiger partial charge in [-0.05, 0) is 49.4 Å². The van der Waals surface area contributed by atoms with Gasteiger partial charge in [0.25, 0.3) is 0 Å². The van der Waals surface area contributed by atoms with Gasteiger partial charge in [-0.25, -0.2) is 0 Å². The molecule has 0 aliphatic rings. The van der Waals surface area contributed by atoms with Crippen LogP contribution in [0.4, 0.5) is 0 Å². The van der Waals surface area contributed by atoms with E-state index in [0.29, 0.717) is 5.92 Å². The van der Waals surface area contributed by atoms with Crippen molar-refractivity contribution in [2.24, 2.45) is 11.7 Å². The molecule has 0 radical (unpaired) electrons. The van der Waals surface area contributed by atoms with E-state index in [2.05, 4.69) is 6.92 Å². The smallest absolute Gasteiger partial charge is 0.0439 e. The molecule has 0 fully saturated rings. The van der Waals surface area contributed by atoms with E-state index in [1.165, 1.54) is 0 Å². The maximum atomic E-state index is 6.09. The fraction of sp³-hybridized carbons (Fsp3) is 0.500. The minimum atomic E-state index is 0.234. The molecule has 1 nitrogen and oxygen atoms in total. The third kappa shape index (κ3) is 4.42. The van der Waals surface area contributed by atoms with Crippen molar-refractivity contribution in [1.29, 1.82) is 0 Å². The van der Waals surface area contributed by atoms with Gasteiger partial charge in [-0.15, -0.1) is 0 Å². The minimum Gasteiger partial charge on any atom is -0.328 e. The van der Waals surface area contributed by atoms with Crippen molar-refractivity contribution in [3.63, 3.8) is 0 Å². The summed E-state index contributed by atoms with van der Waals surface area (Å²) in [5.41, 5.74) is 6.86. The number of nitrogens with two attached hydrogens (primary N) is 1. The average molecular weight is 246 g/mol. The Morgan fingerprint density at radius 1 is 1.27 bits per heavy atom. The Morgan fingerprint density at radius 2 is 1.93 bits per heavy atom. The maximum Gasteiger partial charge on any atom is 0.0439 e. The lowest BCUT2D eigenvalue weighted by Gasteiger charge is -2.14. The fourth-order valence-electron chi connectivity index (χ4n) is 1.79. The Hall–Kier alpha value is -0.240. The van der Waals surface area contributed by atoms with Crippen LogP contribution in [0, 0.1) is 5.92 Å². The molecule has 2 unspecified atom stereocenters. The molecule has 0 saturated carbocycles. The second-order valence-corrected chi connectivity index (χ2v) is 5.10. The van der Waals surface area contributed by atoms with Crippen LogP contribution in [0.1, 0.15) is 25.8 Å². The van der Waals surface area contributed by atoms with Gasteiger partial charge in [0.05, 0.1) is 0 Å². The van der Waals surface area contributed by atoms with Gasteiger partial charge >= 0.3 is 0 Å². The highest BCUT2D eigenvalue weighted by molar-refractivity contribution is 6.33. The summed E-state index contributed by atoms with van der Waals surface area (Å²) in [5, 5.41) is 1.53. The van der Waals surface area contributed by atoms with Gasteiger partial charge in [0, 0.05) is 16.1 Å². The van der Waals surface area contributed by atoms with E-state index in [9.17, 15) is 0 Å². The predicted molar refractivity (Wildman–Crippen MR) is 67.6 cm³/mol. The van der Waals surface area contributed by atoms with Gasteiger partial charge in [-0.1, -0.05) is 30.1 Å². The molecule has 1 aromatic rings. The van der Waals surface area contributed by atoms with Crippen LogP contribution in [0.3, 0.4) is 0 Å². The van der Waals surface area contributed by atoms with Crippen LogP contribution >= 0.6 is 23.2 Å². The van der Waals surface area contributed by atoms with Crippen LogP contribution in [0.15, 0.2) is 18.2 Å². The van der Waals surface area contributed by atoms with E-state index in [1.54, 1.807) is 0 Å². The number of benzene rings is 1. The molecular weight excluding hydrogens is 229 g/mol. The molecule has 3 heteroatoms. The van der Waals surface area contributed by atoms with Crippen molar-refractivity contribution in [2.45, 2.75) is 32.7 Å². The number of hydrogen-bond acceptors (Lipinski definition) is 1. The van der Waals surface area contributed by atoms with Gasteiger partial charge in [-0.2, -0.15) is 0 Å². The van der Waals surface area contributed by atoms with Crippen LogP contribution in [0.25, 0.3) is 0 Å². The van der Waals surface area contributed by atoms with Crippen molar-refractivity contribution in [3.05, 3.63) is 33.8 Å². The average Bonchev–Trinajstić information content (AvgIpc) is 2.10. The zero-order chi connectivity index (χ0) is 11.4. The predicted octanol–water partition coefficient (Wildman–Crippen LogP) is 3.91. The van der Waals surface area contributed by atoms with Gasteiger partial charge in [0.1, 0.15) is 0 Å². The van der Waals surface area contributed by atoms with E-state index in [1.807, 2.05) is 25.1 Å². The molecular formula is C12H17Cl2N.